The molecular weight excluding hydrogens is 354 g/mol. The lowest BCUT2D eigenvalue weighted by molar-refractivity contribution is -0.387. The van der Waals surface area contributed by atoms with E-state index in [9.17, 15) is 20.0 Å². The summed E-state index contributed by atoms with van der Waals surface area (Å²) in [6, 6.07) is 5.35. The first-order valence-corrected chi connectivity index (χ1v) is 8.51. The van der Waals surface area contributed by atoms with Crippen molar-refractivity contribution >= 4 is 17.8 Å². The third kappa shape index (κ3) is 5.30. The Labute approximate surface area is 155 Å². The smallest absolute Gasteiger partial charge is 0.395 e. The molecule has 0 aliphatic carbocycles. The minimum Gasteiger partial charge on any atom is -0.490 e. The molecule has 2 rings (SSSR count). The first-order chi connectivity index (χ1) is 13.0. The van der Waals surface area contributed by atoms with Crippen LogP contribution in [0, 0.1) is 10.1 Å². The van der Waals surface area contributed by atoms with E-state index in [1.54, 1.807) is 24.3 Å². The molecule has 9 nitrogen and oxygen atoms in total. The topological polar surface area (TPSA) is 128 Å². The minimum atomic E-state index is -1.03. The summed E-state index contributed by atoms with van der Waals surface area (Å²) >= 11 is 0. The average Bonchev–Trinajstić information content (AvgIpc) is 2.61. The highest BCUT2D eigenvalue weighted by Crippen LogP contribution is 2.29. The Morgan fingerprint density at radius 1 is 1.26 bits per heavy atom. The quantitative estimate of drug-likeness (QED) is 0.391. The van der Waals surface area contributed by atoms with Gasteiger partial charge in [0.2, 0.25) is 0 Å². The SMILES string of the molecule is CCCCOc1ccc(/C=C/c2nc(O)c([N+](=O)[O-])c(=O)[nH]2)cc1OCC. The van der Waals surface area contributed by atoms with Crippen LogP contribution in [0.3, 0.4) is 0 Å². The largest absolute Gasteiger partial charge is 0.490 e. The molecular formula is C18H21N3O6. The van der Waals surface area contributed by atoms with Gasteiger partial charge in [0, 0.05) is 0 Å². The third-order valence-corrected chi connectivity index (χ3v) is 3.53. The van der Waals surface area contributed by atoms with Crippen LogP contribution >= 0.6 is 0 Å². The van der Waals surface area contributed by atoms with E-state index in [2.05, 4.69) is 16.9 Å². The van der Waals surface area contributed by atoms with Gasteiger partial charge in [0.15, 0.2) is 11.5 Å². The van der Waals surface area contributed by atoms with Gasteiger partial charge in [-0.15, -0.1) is 0 Å². The molecule has 0 saturated heterocycles. The number of aromatic hydroxyl groups is 1. The Kier molecular flexibility index (Phi) is 6.93. The molecule has 144 valence electrons. The van der Waals surface area contributed by atoms with Gasteiger partial charge in [0.05, 0.1) is 18.1 Å². The second kappa shape index (κ2) is 9.37. The zero-order valence-corrected chi connectivity index (χ0v) is 15.1. The van der Waals surface area contributed by atoms with Gasteiger partial charge in [-0.25, -0.2) is 0 Å². The zero-order valence-electron chi connectivity index (χ0n) is 15.1. The number of nitro groups is 1. The summed E-state index contributed by atoms with van der Waals surface area (Å²) in [5, 5.41) is 20.3. The molecule has 0 spiro atoms. The molecule has 0 radical (unpaired) electrons. The number of nitrogens with zero attached hydrogens (tertiary/aromatic N) is 2. The fraction of sp³-hybridized carbons (Fsp3) is 0.333. The molecule has 0 amide bonds. The Morgan fingerprint density at radius 3 is 2.67 bits per heavy atom. The molecule has 0 saturated carbocycles. The molecule has 1 aromatic carbocycles. The van der Waals surface area contributed by atoms with Crippen LogP contribution in [-0.4, -0.2) is 33.2 Å². The van der Waals surface area contributed by atoms with Crippen LogP contribution in [-0.2, 0) is 0 Å². The number of H-pyrrole nitrogens is 1. The predicted octanol–water partition coefficient (Wildman–Crippen LogP) is 3.13. The van der Waals surface area contributed by atoms with Crippen molar-refractivity contribution < 1.29 is 19.5 Å². The van der Waals surface area contributed by atoms with E-state index in [0.717, 1.165) is 18.4 Å². The summed E-state index contributed by atoms with van der Waals surface area (Å²) in [5.41, 5.74) is -1.28. The summed E-state index contributed by atoms with van der Waals surface area (Å²) < 4.78 is 11.3. The Morgan fingerprint density at radius 2 is 2.04 bits per heavy atom. The lowest BCUT2D eigenvalue weighted by atomic mass is 10.2. The standard InChI is InChI=1S/C18H21N3O6/c1-3-5-10-27-13-8-6-12(11-14(13)26-4-2)7-9-15-19-17(22)16(21(24)25)18(23)20-15/h6-9,11H,3-5,10H2,1-2H3,(H2,19,20,22,23)/b9-7+. The van der Waals surface area contributed by atoms with Crippen LogP contribution in [0.15, 0.2) is 23.0 Å². The number of unbranched alkanes of at least 4 members (excludes halogenated alkanes) is 1. The maximum Gasteiger partial charge on any atom is 0.395 e. The summed E-state index contributed by atoms with van der Waals surface area (Å²) in [6.07, 6.45) is 5.02. The molecule has 0 bridgehead atoms. The zero-order chi connectivity index (χ0) is 19.8. The number of aromatic amines is 1. The van der Waals surface area contributed by atoms with Gasteiger partial charge in [-0.2, -0.15) is 4.98 Å². The van der Waals surface area contributed by atoms with Gasteiger partial charge >= 0.3 is 11.2 Å². The second-order valence-electron chi connectivity index (χ2n) is 5.56. The first-order valence-electron chi connectivity index (χ1n) is 8.51. The molecule has 0 aliphatic heterocycles. The number of hydrogen-bond acceptors (Lipinski definition) is 7. The predicted molar refractivity (Wildman–Crippen MR) is 100 cm³/mol. The molecule has 1 heterocycles. The van der Waals surface area contributed by atoms with Crippen LogP contribution in [0.1, 0.15) is 38.1 Å². The number of rotatable bonds is 9. The molecule has 2 aromatic rings. The molecule has 9 heteroatoms. The number of hydrogen-bond donors (Lipinski definition) is 2. The van der Waals surface area contributed by atoms with Gasteiger partial charge in [-0.05, 0) is 37.1 Å². The van der Waals surface area contributed by atoms with Gasteiger partial charge in [0.1, 0.15) is 5.82 Å². The molecule has 0 aliphatic rings. The normalized spacial score (nSPS) is 10.9. The summed E-state index contributed by atoms with van der Waals surface area (Å²) in [6.45, 7) is 5.02. The lowest BCUT2D eigenvalue weighted by Crippen LogP contribution is -2.14. The summed E-state index contributed by atoms with van der Waals surface area (Å²) in [7, 11) is 0. The van der Waals surface area contributed by atoms with Crippen molar-refractivity contribution in [1.82, 2.24) is 9.97 Å². The number of aromatic nitrogens is 2. The van der Waals surface area contributed by atoms with Crippen molar-refractivity contribution in [1.29, 1.82) is 0 Å². The molecule has 0 fully saturated rings. The highest BCUT2D eigenvalue weighted by molar-refractivity contribution is 5.68. The fourth-order valence-corrected chi connectivity index (χ4v) is 2.23. The third-order valence-electron chi connectivity index (χ3n) is 3.53. The number of ether oxygens (including phenoxy) is 2. The van der Waals surface area contributed by atoms with Crippen molar-refractivity contribution in [3.05, 3.63) is 50.1 Å². The minimum absolute atomic E-state index is 0.00988. The molecule has 0 atom stereocenters. The van der Waals surface area contributed by atoms with E-state index in [1.807, 2.05) is 6.92 Å². The van der Waals surface area contributed by atoms with Gasteiger partial charge in [-0.3, -0.25) is 14.9 Å². The van der Waals surface area contributed by atoms with Crippen molar-refractivity contribution in [3.8, 4) is 17.4 Å². The lowest BCUT2D eigenvalue weighted by Gasteiger charge is -2.12. The van der Waals surface area contributed by atoms with Crippen LogP contribution in [0.5, 0.6) is 17.4 Å². The van der Waals surface area contributed by atoms with Crippen molar-refractivity contribution in [2.24, 2.45) is 0 Å². The van der Waals surface area contributed by atoms with Crippen molar-refractivity contribution in [2.75, 3.05) is 13.2 Å². The van der Waals surface area contributed by atoms with E-state index in [4.69, 9.17) is 9.47 Å². The van der Waals surface area contributed by atoms with E-state index in [1.165, 1.54) is 6.08 Å². The maximum absolute atomic E-state index is 11.7. The van der Waals surface area contributed by atoms with Crippen molar-refractivity contribution in [3.63, 3.8) is 0 Å². The number of benzene rings is 1. The van der Waals surface area contributed by atoms with Crippen LogP contribution in [0.2, 0.25) is 0 Å². The van der Waals surface area contributed by atoms with Gasteiger partial charge in [0.25, 0.3) is 5.88 Å². The Bertz CT molecular complexity index is 891. The van der Waals surface area contributed by atoms with Crippen molar-refractivity contribution in [2.45, 2.75) is 26.7 Å². The van der Waals surface area contributed by atoms with Gasteiger partial charge in [-0.1, -0.05) is 25.5 Å². The van der Waals surface area contributed by atoms with Crippen LogP contribution in [0.4, 0.5) is 5.69 Å². The second-order valence-corrected chi connectivity index (χ2v) is 5.56. The van der Waals surface area contributed by atoms with E-state index in [-0.39, 0.29) is 5.82 Å². The van der Waals surface area contributed by atoms with E-state index in [0.29, 0.717) is 24.7 Å². The number of nitrogens with one attached hydrogen (secondary N) is 1. The molecule has 0 unspecified atom stereocenters. The average molecular weight is 375 g/mol. The fourth-order valence-electron chi connectivity index (χ4n) is 2.23. The summed E-state index contributed by atoms with van der Waals surface area (Å²) in [5.74, 6) is 0.285. The van der Waals surface area contributed by atoms with E-state index >= 15 is 0 Å². The maximum atomic E-state index is 11.7. The Hall–Kier alpha value is -3.36. The molecule has 1 aromatic heterocycles. The summed E-state index contributed by atoms with van der Waals surface area (Å²) in [4.78, 5) is 27.2. The van der Waals surface area contributed by atoms with Crippen LogP contribution in [0.25, 0.3) is 12.2 Å². The highest BCUT2D eigenvalue weighted by atomic mass is 16.6. The first kappa shape index (κ1) is 20.0. The molecule has 2 N–H and O–H groups in total. The van der Waals surface area contributed by atoms with Gasteiger partial charge < -0.3 is 19.6 Å². The highest BCUT2D eigenvalue weighted by Gasteiger charge is 2.21. The van der Waals surface area contributed by atoms with E-state index < -0.39 is 22.0 Å². The Balaban J connectivity index is 2.25. The van der Waals surface area contributed by atoms with Crippen LogP contribution < -0.4 is 15.0 Å². The monoisotopic (exact) mass is 375 g/mol. The molecule has 27 heavy (non-hydrogen) atoms.